The van der Waals surface area contributed by atoms with E-state index in [4.69, 9.17) is 11.6 Å². The Labute approximate surface area is 104 Å². The maximum Gasteiger partial charge on any atom is 0.222 e. The quantitative estimate of drug-likeness (QED) is 0.817. The number of thiazole rings is 1. The second kappa shape index (κ2) is 5.15. The minimum absolute atomic E-state index is 0.258. The van der Waals surface area contributed by atoms with Crippen molar-refractivity contribution in [2.75, 3.05) is 6.54 Å². The van der Waals surface area contributed by atoms with Gasteiger partial charge in [-0.25, -0.2) is 4.98 Å². The van der Waals surface area contributed by atoms with E-state index < -0.39 is 0 Å². The maximum absolute atomic E-state index is 11.8. The van der Waals surface area contributed by atoms with Crippen LogP contribution in [0.5, 0.6) is 0 Å². The van der Waals surface area contributed by atoms with Crippen LogP contribution in [0.3, 0.4) is 0 Å². The van der Waals surface area contributed by atoms with Gasteiger partial charge in [0.25, 0.3) is 0 Å². The van der Waals surface area contributed by atoms with Crippen LogP contribution in [0.4, 0.5) is 0 Å². The molecule has 0 aromatic carbocycles. The molecule has 0 bridgehead atoms. The molecule has 1 atom stereocenters. The highest BCUT2D eigenvalue weighted by atomic mass is 35.5. The first-order valence-corrected chi connectivity index (χ1v) is 6.72. The molecule has 0 aliphatic carbocycles. The third-order valence-corrected chi connectivity index (χ3v) is 4.07. The number of nitrogens with zero attached hydrogens (tertiary/aromatic N) is 2. The van der Waals surface area contributed by atoms with Gasteiger partial charge in [0.2, 0.25) is 5.91 Å². The summed E-state index contributed by atoms with van der Waals surface area (Å²) in [7, 11) is 0. The lowest BCUT2D eigenvalue weighted by molar-refractivity contribution is -0.131. The highest BCUT2D eigenvalue weighted by molar-refractivity contribution is 7.15. The average Bonchev–Trinajstić information content (AvgIpc) is 2.59. The summed E-state index contributed by atoms with van der Waals surface area (Å²) in [6.45, 7) is 3.73. The Morgan fingerprint density at radius 1 is 1.62 bits per heavy atom. The fourth-order valence-electron chi connectivity index (χ4n) is 1.89. The molecule has 1 fully saturated rings. The monoisotopic (exact) mass is 258 g/mol. The van der Waals surface area contributed by atoms with Gasteiger partial charge in [-0.15, -0.1) is 11.3 Å². The summed E-state index contributed by atoms with van der Waals surface area (Å²) in [6.07, 6.45) is 4.54. The van der Waals surface area contributed by atoms with Gasteiger partial charge in [0, 0.05) is 24.0 Å². The first kappa shape index (κ1) is 11.9. The van der Waals surface area contributed by atoms with Crippen molar-refractivity contribution in [2.45, 2.75) is 32.7 Å². The van der Waals surface area contributed by atoms with E-state index in [0.717, 1.165) is 24.3 Å². The number of amides is 1. The highest BCUT2D eigenvalue weighted by Gasteiger charge is 2.20. The molecule has 1 aliphatic heterocycles. The summed E-state index contributed by atoms with van der Waals surface area (Å²) in [5.41, 5.74) is 0. The molecular formula is C11H15ClN2OS. The summed E-state index contributed by atoms with van der Waals surface area (Å²) < 4.78 is 0.547. The molecule has 1 amide bonds. The molecule has 1 unspecified atom stereocenters. The standard InChI is InChI=1S/C11H15ClN2OS/c1-8-2-3-10(15)14(5-4-8)7-9-6-13-11(12)16-9/h6,8H,2-5,7H2,1H3. The van der Waals surface area contributed by atoms with Gasteiger partial charge >= 0.3 is 0 Å². The molecule has 0 radical (unpaired) electrons. The van der Waals surface area contributed by atoms with Crippen molar-refractivity contribution in [1.29, 1.82) is 0 Å². The molecule has 0 saturated carbocycles. The molecule has 1 aromatic rings. The molecule has 88 valence electrons. The third-order valence-electron chi connectivity index (χ3n) is 2.97. The van der Waals surface area contributed by atoms with E-state index in [9.17, 15) is 4.79 Å². The van der Waals surface area contributed by atoms with Crippen molar-refractivity contribution in [3.63, 3.8) is 0 Å². The van der Waals surface area contributed by atoms with Gasteiger partial charge in [-0.3, -0.25) is 4.79 Å². The lowest BCUT2D eigenvalue weighted by atomic mass is 10.0. The number of likely N-dealkylation sites (tertiary alicyclic amines) is 1. The molecule has 0 N–H and O–H groups in total. The zero-order valence-electron chi connectivity index (χ0n) is 9.28. The number of carbonyl (C=O) groups is 1. The van der Waals surface area contributed by atoms with Crippen LogP contribution in [-0.4, -0.2) is 22.3 Å². The Balaban J connectivity index is 2.00. The number of aromatic nitrogens is 1. The molecule has 1 aromatic heterocycles. The summed E-state index contributed by atoms with van der Waals surface area (Å²) in [5, 5.41) is 0. The van der Waals surface area contributed by atoms with Crippen LogP contribution in [0.2, 0.25) is 4.47 Å². The lowest BCUT2D eigenvalue weighted by Crippen LogP contribution is -2.29. The predicted octanol–water partition coefficient (Wildman–Crippen LogP) is 2.95. The van der Waals surface area contributed by atoms with Crippen molar-refractivity contribution < 1.29 is 4.79 Å². The van der Waals surface area contributed by atoms with Crippen molar-refractivity contribution in [3.05, 3.63) is 15.5 Å². The molecule has 3 nitrogen and oxygen atoms in total. The van der Waals surface area contributed by atoms with Gasteiger partial charge in [-0.2, -0.15) is 0 Å². The molecule has 1 aliphatic rings. The summed E-state index contributed by atoms with van der Waals surface area (Å²) in [4.78, 5) is 18.8. The Bertz CT molecular complexity index is 380. The zero-order valence-corrected chi connectivity index (χ0v) is 10.9. The van der Waals surface area contributed by atoms with Crippen molar-refractivity contribution in [2.24, 2.45) is 5.92 Å². The number of hydrogen-bond donors (Lipinski definition) is 0. The predicted molar refractivity (Wildman–Crippen MR) is 65.6 cm³/mol. The van der Waals surface area contributed by atoms with Crippen molar-refractivity contribution in [3.8, 4) is 0 Å². The number of carbonyl (C=O) groups excluding carboxylic acids is 1. The minimum Gasteiger partial charge on any atom is -0.337 e. The van der Waals surface area contributed by atoms with Crippen LogP contribution in [0.15, 0.2) is 6.20 Å². The van der Waals surface area contributed by atoms with Gasteiger partial charge in [-0.05, 0) is 18.8 Å². The minimum atomic E-state index is 0.258. The van der Waals surface area contributed by atoms with E-state index in [1.807, 2.05) is 4.90 Å². The van der Waals surface area contributed by atoms with Crippen LogP contribution >= 0.6 is 22.9 Å². The van der Waals surface area contributed by atoms with Gasteiger partial charge in [0.15, 0.2) is 4.47 Å². The third kappa shape index (κ3) is 2.95. The van der Waals surface area contributed by atoms with E-state index in [1.165, 1.54) is 11.3 Å². The normalized spacial score (nSPS) is 22.2. The highest BCUT2D eigenvalue weighted by Crippen LogP contribution is 2.23. The smallest absolute Gasteiger partial charge is 0.222 e. The number of rotatable bonds is 2. The van der Waals surface area contributed by atoms with Crippen LogP contribution < -0.4 is 0 Å². The molecule has 0 spiro atoms. The fourth-order valence-corrected chi connectivity index (χ4v) is 2.88. The van der Waals surface area contributed by atoms with Crippen LogP contribution in [-0.2, 0) is 11.3 Å². The average molecular weight is 259 g/mol. The summed E-state index contributed by atoms with van der Waals surface area (Å²) in [6, 6.07) is 0. The van der Waals surface area contributed by atoms with Crippen LogP contribution in [0.1, 0.15) is 31.1 Å². The van der Waals surface area contributed by atoms with E-state index in [2.05, 4.69) is 11.9 Å². The lowest BCUT2D eigenvalue weighted by Gasteiger charge is -2.19. The van der Waals surface area contributed by atoms with Gasteiger partial charge in [0.05, 0.1) is 6.54 Å². The topological polar surface area (TPSA) is 33.2 Å². The largest absolute Gasteiger partial charge is 0.337 e. The zero-order chi connectivity index (χ0) is 11.5. The Morgan fingerprint density at radius 3 is 3.12 bits per heavy atom. The van der Waals surface area contributed by atoms with E-state index >= 15 is 0 Å². The Morgan fingerprint density at radius 2 is 2.44 bits per heavy atom. The Hall–Kier alpha value is -0.610. The van der Waals surface area contributed by atoms with Crippen LogP contribution in [0.25, 0.3) is 0 Å². The summed E-state index contributed by atoms with van der Waals surface area (Å²) >= 11 is 7.23. The SMILES string of the molecule is CC1CCC(=O)N(Cc2cnc(Cl)s2)CC1. The molecule has 16 heavy (non-hydrogen) atoms. The molecule has 1 saturated heterocycles. The first-order valence-electron chi connectivity index (χ1n) is 5.53. The maximum atomic E-state index is 11.8. The van der Waals surface area contributed by atoms with E-state index in [-0.39, 0.29) is 5.91 Å². The van der Waals surface area contributed by atoms with E-state index in [1.54, 1.807) is 6.20 Å². The first-order chi connectivity index (χ1) is 7.65. The molecule has 2 rings (SSSR count). The molecular weight excluding hydrogens is 244 g/mol. The Kier molecular flexibility index (Phi) is 3.82. The molecule has 5 heteroatoms. The second-order valence-corrected chi connectivity index (χ2v) is 6.02. The van der Waals surface area contributed by atoms with Gasteiger partial charge in [0.1, 0.15) is 0 Å². The van der Waals surface area contributed by atoms with Gasteiger partial charge < -0.3 is 4.90 Å². The van der Waals surface area contributed by atoms with Crippen molar-refractivity contribution in [1.82, 2.24) is 9.88 Å². The fraction of sp³-hybridized carbons (Fsp3) is 0.636. The summed E-state index contributed by atoms with van der Waals surface area (Å²) in [5.74, 6) is 0.910. The van der Waals surface area contributed by atoms with Crippen LogP contribution in [0, 0.1) is 5.92 Å². The van der Waals surface area contributed by atoms with E-state index in [0.29, 0.717) is 23.4 Å². The van der Waals surface area contributed by atoms with Gasteiger partial charge in [-0.1, -0.05) is 18.5 Å². The second-order valence-electron chi connectivity index (χ2n) is 4.33. The van der Waals surface area contributed by atoms with Crippen molar-refractivity contribution >= 4 is 28.8 Å². The number of halogens is 1. The molecule has 2 heterocycles. The number of hydrogen-bond acceptors (Lipinski definition) is 3.